The summed E-state index contributed by atoms with van der Waals surface area (Å²) in [6, 6.07) is 15.5. The maximum absolute atomic E-state index is 11.7. The molecule has 0 spiro atoms. The summed E-state index contributed by atoms with van der Waals surface area (Å²) >= 11 is 0. The Labute approximate surface area is 281 Å². The molecule has 1 aliphatic rings. The molecule has 0 fully saturated rings. The Morgan fingerprint density at radius 3 is 2.27 bits per heavy atom. The monoisotopic (exact) mass is 772 g/mol. The molecule has 0 unspecified atom stereocenters. The van der Waals surface area contributed by atoms with Gasteiger partial charge in [0.05, 0.1) is 5.76 Å². The molecule has 44 heavy (non-hydrogen) atoms. The predicted octanol–water partition coefficient (Wildman–Crippen LogP) is 10.3. The largest absolute Gasteiger partial charge is 0.512 e. The quantitative estimate of drug-likeness (QED) is 0.110. The normalized spacial score (nSPS) is 14.8. The van der Waals surface area contributed by atoms with E-state index in [1.165, 1.54) is 6.08 Å². The van der Waals surface area contributed by atoms with Crippen LogP contribution in [0.5, 0.6) is 0 Å². The molecule has 0 saturated carbocycles. The van der Waals surface area contributed by atoms with Gasteiger partial charge in [0.25, 0.3) is 0 Å². The second kappa shape index (κ2) is 14.5. The molecule has 5 rings (SSSR count). The molecule has 0 saturated heterocycles. The number of nitrogens with zero attached hydrogens (tertiary/aromatic N) is 2. The molecule has 4 aromatic rings. The van der Waals surface area contributed by atoms with Gasteiger partial charge in [0.2, 0.25) is 0 Å². The maximum Gasteiger partial charge on any atom is 0.162 e. The van der Waals surface area contributed by atoms with Crippen LogP contribution < -0.4 is 0 Å². The van der Waals surface area contributed by atoms with E-state index in [4.69, 9.17) is 12.7 Å². The van der Waals surface area contributed by atoms with Crippen LogP contribution in [0.3, 0.4) is 0 Å². The van der Waals surface area contributed by atoms with Crippen LogP contribution in [0.4, 0.5) is 0 Å². The van der Waals surface area contributed by atoms with Crippen molar-refractivity contribution in [2.24, 2.45) is 17.3 Å². The van der Waals surface area contributed by atoms with Crippen LogP contribution in [-0.4, -0.2) is 20.9 Å². The fraction of sp³-hybridized carbons (Fsp3) is 0.462. The smallest absolute Gasteiger partial charge is 0.162 e. The molecule has 0 bridgehead atoms. The van der Waals surface area contributed by atoms with Crippen LogP contribution in [0.15, 0.2) is 60.6 Å². The molecule has 0 aliphatic heterocycles. The van der Waals surface area contributed by atoms with Gasteiger partial charge >= 0.3 is 0 Å². The van der Waals surface area contributed by atoms with Crippen molar-refractivity contribution in [3.05, 3.63) is 83.4 Å². The van der Waals surface area contributed by atoms with Crippen molar-refractivity contribution in [3.63, 3.8) is 0 Å². The number of hydrogen-bond donors (Lipinski definition) is 1. The van der Waals surface area contributed by atoms with Crippen molar-refractivity contribution in [1.82, 2.24) is 9.97 Å². The third-order valence-corrected chi connectivity index (χ3v) is 8.70. The Kier molecular flexibility index (Phi) is 10.7. The van der Waals surface area contributed by atoms with Gasteiger partial charge in [-0.15, -0.1) is 17.7 Å². The van der Waals surface area contributed by atoms with E-state index >= 15 is 0 Å². The number of allylic oxidation sites excluding steroid dienone is 2. The molecule has 0 amide bonds. The summed E-state index contributed by atoms with van der Waals surface area (Å²) in [6.07, 6.45) is 7.08. The molecule has 0 atom stereocenters. The second-order valence-corrected chi connectivity index (χ2v) is 13.3. The van der Waals surface area contributed by atoms with Gasteiger partial charge in [-0.25, -0.2) is 0 Å². The Hall–Kier alpha value is -2.88. The molecular weight excluding hydrogens is 721 g/mol. The summed E-state index contributed by atoms with van der Waals surface area (Å²) in [4.78, 5) is 21.2. The minimum absolute atomic E-state index is 0. The molecule has 2 aromatic carbocycles. The number of aromatic nitrogens is 2. The van der Waals surface area contributed by atoms with Crippen molar-refractivity contribution >= 4 is 27.5 Å². The summed E-state index contributed by atoms with van der Waals surface area (Å²) in [6.45, 7) is 18.3. The van der Waals surface area contributed by atoms with E-state index in [0.717, 1.165) is 69.7 Å². The van der Waals surface area contributed by atoms with E-state index in [2.05, 4.69) is 32.0 Å². The predicted molar refractivity (Wildman–Crippen MR) is 180 cm³/mol. The van der Waals surface area contributed by atoms with Gasteiger partial charge in [-0.05, 0) is 82.1 Å². The van der Waals surface area contributed by atoms with Crippen molar-refractivity contribution in [2.45, 2.75) is 99.8 Å². The zero-order chi connectivity index (χ0) is 33.3. The number of benzene rings is 2. The summed E-state index contributed by atoms with van der Waals surface area (Å²) in [5.74, 6) is 0.547. The summed E-state index contributed by atoms with van der Waals surface area (Å²) in [5.41, 5.74) is 4.91. The summed E-state index contributed by atoms with van der Waals surface area (Å²) in [5, 5.41) is 12.9. The minimum Gasteiger partial charge on any atom is -0.512 e. The molecule has 1 N–H and O–H groups in total. The Morgan fingerprint density at radius 1 is 1.00 bits per heavy atom. The number of ketones is 1. The molecule has 5 heteroatoms. The second-order valence-electron chi connectivity index (χ2n) is 13.3. The number of carbonyl (C=O) groups is 1. The van der Waals surface area contributed by atoms with Crippen molar-refractivity contribution in [2.75, 3.05) is 0 Å². The van der Waals surface area contributed by atoms with E-state index < -0.39 is 11.8 Å². The molecule has 1 radical (unpaired) electrons. The Morgan fingerprint density at radius 2 is 1.66 bits per heavy atom. The first-order valence-corrected chi connectivity index (χ1v) is 15.8. The summed E-state index contributed by atoms with van der Waals surface area (Å²) < 4.78 is 17.8. The molecule has 4 nitrogen and oxygen atoms in total. The number of carbonyl (C=O) groups excluding carboxylic acids is 1. The Bertz CT molecular complexity index is 1730. The number of aliphatic hydroxyl groups excluding tert-OH is 1. The van der Waals surface area contributed by atoms with Gasteiger partial charge in [-0.1, -0.05) is 97.5 Å². The number of pyridine rings is 2. The average Bonchev–Trinajstić information content (AvgIpc) is 3.00. The zero-order valence-corrected chi connectivity index (χ0v) is 30.2. The SMILES string of the molecule is CCC(CC)C(=O)/C=C(\O)C(CC)CC.[2H]C([2H])(c1cc2c3c(nccc3c1)-c1[c-]cc3cccnc3c1C2(C)C)C(C)(C)C.[Ir]. The fourth-order valence-electron chi connectivity index (χ4n) is 6.30. The van der Waals surface area contributed by atoms with Gasteiger partial charge in [-0.2, -0.15) is 0 Å². The van der Waals surface area contributed by atoms with Crippen LogP contribution in [0, 0.1) is 23.3 Å². The zero-order valence-electron chi connectivity index (χ0n) is 29.8. The van der Waals surface area contributed by atoms with Crippen molar-refractivity contribution < 1.29 is 32.7 Å². The summed E-state index contributed by atoms with van der Waals surface area (Å²) in [7, 11) is 0. The molecule has 1 aliphatic carbocycles. The van der Waals surface area contributed by atoms with Crippen LogP contribution in [0.2, 0.25) is 0 Å². The number of hydrogen-bond acceptors (Lipinski definition) is 4. The Balaban J connectivity index is 0.000000309. The first kappa shape index (κ1) is 32.5. The van der Waals surface area contributed by atoms with Crippen molar-refractivity contribution in [3.8, 4) is 11.3 Å². The van der Waals surface area contributed by atoms with E-state index in [1.807, 2.05) is 85.1 Å². The maximum atomic E-state index is 11.7. The van der Waals surface area contributed by atoms with E-state index in [-0.39, 0.29) is 48.9 Å². The van der Waals surface area contributed by atoms with E-state index in [9.17, 15) is 9.90 Å². The molecule has 237 valence electrons. The number of aliphatic hydroxyl groups is 1. The van der Waals surface area contributed by atoms with Crippen LogP contribution in [0.1, 0.15) is 107 Å². The van der Waals surface area contributed by atoms with Crippen LogP contribution >= 0.6 is 0 Å². The molecule has 2 heterocycles. The van der Waals surface area contributed by atoms with Gasteiger partial charge in [-0.3, -0.25) is 9.78 Å². The standard InChI is InChI=1S/C26H25N2.C13H24O2.Ir/c1-25(2,3)15-16-13-18-10-12-28-24-19-9-8-17-7-6-11-27-23(17)22(19)26(4,5)20(14-16)21(18)24;1-5-10(6-2)12(14)9-13(15)11(7-3)8-4;/h6-8,10-14H,15H2,1-5H3;9-11,14H,5-8H2,1-4H3;/q-1;;/b;12-9-;/i15D2;;. The van der Waals surface area contributed by atoms with E-state index in [1.54, 1.807) is 0 Å². The van der Waals surface area contributed by atoms with Gasteiger partial charge in [0.15, 0.2) is 5.78 Å². The van der Waals surface area contributed by atoms with Gasteiger partial charge < -0.3 is 10.1 Å². The van der Waals surface area contributed by atoms with E-state index in [0.29, 0.717) is 5.56 Å². The van der Waals surface area contributed by atoms with Crippen LogP contribution in [0.25, 0.3) is 32.9 Å². The fourth-order valence-corrected chi connectivity index (χ4v) is 6.30. The first-order chi connectivity index (χ1) is 21.1. The number of fused-ring (bicyclic) bond motifs is 4. The topological polar surface area (TPSA) is 63.1 Å². The first-order valence-electron chi connectivity index (χ1n) is 16.8. The molecular formula is C39H49IrN2O2-. The molecule has 2 aromatic heterocycles. The third kappa shape index (κ3) is 7.32. The van der Waals surface area contributed by atoms with Crippen molar-refractivity contribution in [1.29, 1.82) is 0 Å². The average molecular weight is 772 g/mol. The van der Waals surface area contributed by atoms with Gasteiger partial charge in [0.1, 0.15) is 0 Å². The van der Waals surface area contributed by atoms with Gasteiger partial charge in [0, 0.05) is 53.2 Å². The third-order valence-electron chi connectivity index (χ3n) is 8.70. The minimum atomic E-state index is -1.47. The number of rotatable bonds is 8. The van der Waals surface area contributed by atoms with Crippen LogP contribution in [-0.2, 0) is 36.7 Å².